The van der Waals surface area contributed by atoms with Crippen molar-refractivity contribution >= 4 is 16.8 Å². The Hall–Kier alpha value is -2.56. The number of rotatable bonds is 4. The molecule has 26 heavy (non-hydrogen) atoms. The molecule has 1 unspecified atom stereocenters. The van der Waals surface area contributed by atoms with E-state index in [0.29, 0.717) is 5.69 Å². The van der Waals surface area contributed by atoms with Crippen LogP contribution in [0.4, 0.5) is 0 Å². The topological polar surface area (TPSA) is 51.9 Å². The van der Waals surface area contributed by atoms with E-state index in [1.807, 2.05) is 43.3 Å². The Kier molecular flexibility index (Phi) is 4.65. The van der Waals surface area contributed by atoms with Crippen molar-refractivity contribution in [2.75, 3.05) is 0 Å². The summed E-state index contributed by atoms with van der Waals surface area (Å²) in [7, 11) is 3.92. The second-order valence-corrected chi connectivity index (χ2v) is 7.40. The number of fused-ring (bicyclic) bond motifs is 1. The van der Waals surface area contributed by atoms with E-state index in [1.165, 1.54) is 16.7 Å². The van der Waals surface area contributed by atoms with Crippen LogP contribution in [0.25, 0.3) is 10.9 Å². The minimum absolute atomic E-state index is 0.0318. The van der Waals surface area contributed by atoms with Crippen molar-refractivity contribution in [3.63, 3.8) is 0 Å². The van der Waals surface area contributed by atoms with Gasteiger partial charge in [-0.2, -0.15) is 5.10 Å². The maximum absolute atomic E-state index is 12.9. The Balaban J connectivity index is 1.84. The van der Waals surface area contributed by atoms with Crippen LogP contribution in [0.2, 0.25) is 0 Å². The van der Waals surface area contributed by atoms with E-state index in [9.17, 15) is 4.79 Å². The van der Waals surface area contributed by atoms with E-state index < -0.39 is 0 Å². The first-order valence-corrected chi connectivity index (χ1v) is 9.06. The summed E-state index contributed by atoms with van der Waals surface area (Å²) >= 11 is 0. The van der Waals surface area contributed by atoms with Crippen molar-refractivity contribution in [3.05, 3.63) is 52.0 Å². The SMILES string of the molecule is Cc1nn(C)c(C)c1CC(C)NC(=O)c1cc2c(C)ccc(C)c2n1C. The molecule has 1 N–H and O–H groups in total. The Labute approximate surface area is 155 Å². The molecular formula is C21H28N4O. The van der Waals surface area contributed by atoms with Gasteiger partial charge in [0.15, 0.2) is 0 Å². The average molecular weight is 352 g/mol. The van der Waals surface area contributed by atoms with Crippen molar-refractivity contribution in [1.29, 1.82) is 0 Å². The van der Waals surface area contributed by atoms with Crippen LogP contribution < -0.4 is 5.32 Å². The molecule has 0 saturated carbocycles. The Morgan fingerprint density at radius 3 is 2.38 bits per heavy atom. The highest BCUT2D eigenvalue weighted by atomic mass is 16.2. The highest BCUT2D eigenvalue weighted by Crippen LogP contribution is 2.25. The van der Waals surface area contributed by atoms with Gasteiger partial charge in [0.2, 0.25) is 0 Å². The van der Waals surface area contributed by atoms with Gasteiger partial charge in [-0.25, -0.2) is 0 Å². The average Bonchev–Trinajstić information content (AvgIpc) is 3.04. The van der Waals surface area contributed by atoms with Gasteiger partial charge in [-0.05, 0) is 63.8 Å². The monoisotopic (exact) mass is 352 g/mol. The van der Waals surface area contributed by atoms with E-state index in [-0.39, 0.29) is 11.9 Å². The third kappa shape index (κ3) is 3.02. The number of carbonyl (C=O) groups excluding carboxylic acids is 1. The van der Waals surface area contributed by atoms with Crippen LogP contribution in [0, 0.1) is 27.7 Å². The molecule has 2 aromatic heterocycles. The number of amides is 1. The number of aromatic nitrogens is 3. The number of aryl methyl sites for hydroxylation is 5. The molecule has 0 saturated heterocycles. The summed E-state index contributed by atoms with van der Waals surface area (Å²) in [6, 6.07) is 6.25. The lowest BCUT2D eigenvalue weighted by atomic mass is 10.1. The smallest absolute Gasteiger partial charge is 0.268 e. The number of nitrogens with zero attached hydrogens (tertiary/aromatic N) is 3. The minimum Gasteiger partial charge on any atom is -0.348 e. The summed E-state index contributed by atoms with van der Waals surface area (Å²) in [6.45, 7) is 10.3. The number of hydrogen-bond donors (Lipinski definition) is 1. The van der Waals surface area contributed by atoms with Gasteiger partial charge in [-0.15, -0.1) is 0 Å². The van der Waals surface area contributed by atoms with Crippen LogP contribution >= 0.6 is 0 Å². The zero-order valence-electron chi connectivity index (χ0n) is 16.8. The number of nitrogens with one attached hydrogen (secondary N) is 1. The summed E-state index contributed by atoms with van der Waals surface area (Å²) < 4.78 is 3.90. The normalized spacial score (nSPS) is 12.6. The highest BCUT2D eigenvalue weighted by molar-refractivity contribution is 6.00. The Morgan fingerprint density at radius 1 is 1.15 bits per heavy atom. The van der Waals surface area contributed by atoms with E-state index in [1.54, 1.807) is 0 Å². The number of carbonyl (C=O) groups is 1. The van der Waals surface area contributed by atoms with E-state index >= 15 is 0 Å². The molecule has 3 rings (SSSR count). The van der Waals surface area contributed by atoms with Gasteiger partial charge in [0, 0.05) is 31.2 Å². The van der Waals surface area contributed by atoms with Crippen LogP contribution in [0.15, 0.2) is 18.2 Å². The molecule has 5 heteroatoms. The molecule has 0 aliphatic rings. The lowest BCUT2D eigenvalue weighted by Crippen LogP contribution is -2.35. The van der Waals surface area contributed by atoms with Crippen molar-refractivity contribution < 1.29 is 4.79 Å². The third-order valence-electron chi connectivity index (χ3n) is 5.39. The van der Waals surface area contributed by atoms with Crippen LogP contribution in [0.3, 0.4) is 0 Å². The molecule has 0 spiro atoms. The Bertz CT molecular complexity index is 994. The molecule has 1 amide bonds. The van der Waals surface area contributed by atoms with Crippen molar-refractivity contribution in [1.82, 2.24) is 19.7 Å². The lowest BCUT2D eigenvalue weighted by Gasteiger charge is -2.15. The first kappa shape index (κ1) is 18.2. The molecule has 0 aliphatic heterocycles. The van der Waals surface area contributed by atoms with E-state index in [0.717, 1.165) is 28.7 Å². The fourth-order valence-corrected chi connectivity index (χ4v) is 3.78. The molecule has 138 valence electrons. The molecule has 0 fully saturated rings. The predicted octanol–water partition coefficient (Wildman–Crippen LogP) is 3.51. The molecule has 3 aromatic rings. The largest absolute Gasteiger partial charge is 0.348 e. The molecule has 0 aliphatic carbocycles. The van der Waals surface area contributed by atoms with E-state index in [2.05, 4.69) is 43.3 Å². The van der Waals surface area contributed by atoms with Gasteiger partial charge >= 0.3 is 0 Å². The fraction of sp³-hybridized carbons (Fsp3) is 0.429. The van der Waals surface area contributed by atoms with Gasteiger partial charge in [-0.1, -0.05) is 12.1 Å². The van der Waals surface area contributed by atoms with Crippen LogP contribution in [-0.2, 0) is 20.5 Å². The van der Waals surface area contributed by atoms with E-state index in [4.69, 9.17) is 0 Å². The molecular weight excluding hydrogens is 324 g/mol. The number of benzene rings is 1. The summed E-state index contributed by atoms with van der Waals surface area (Å²) in [6.07, 6.45) is 0.777. The first-order valence-electron chi connectivity index (χ1n) is 9.06. The summed E-state index contributed by atoms with van der Waals surface area (Å²) in [5.41, 5.74) is 7.59. The highest BCUT2D eigenvalue weighted by Gasteiger charge is 2.19. The predicted molar refractivity (Wildman–Crippen MR) is 106 cm³/mol. The third-order valence-corrected chi connectivity index (χ3v) is 5.39. The van der Waals surface area contributed by atoms with Crippen molar-refractivity contribution in [2.45, 2.75) is 47.1 Å². The second-order valence-electron chi connectivity index (χ2n) is 7.40. The molecule has 1 aromatic carbocycles. The van der Waals surface area contributed by atoms with Gasteiger partial charge in [0.25, 0.3) is 5.91 Å². The quantitative estimate of drug-likeness (QED) is 0.781. The van der Waals surface area contributed by atoms with Crippen LogP contribution in [0.5, 0.6) is 0 Å². The number of hydrogen-bond acceptors (Lipinski definition) is 2. The Morgan fingerprint density at radius 2 is 1.81 bits per heavy atom. The fourth-order valence-electron chi connectivity index (χ4n) is 3.78. The van der Waals surface area contributed by atoms with Crippen LogP contribution in [0.1, 0.15) is 45.5 Å². The standard InChI is InChI=1S/C21H28N4O/c1-12-8-9-13(2)20-17(12)11-19(24(20)6)21(26)22-14(3)10-18-15(4)23-25(7)16(18)5/h8-9,11,14H,10H2,1-7H3,(H,22,26). The molecule has 1 atom stereocenters. The molecule has 5 nitrogen and oxygen atoms in total. The van der Waals surface area contributed by atoms with Crippen molar-refractivity contribution in [2.24, 2.45) is 14.1 Å². The van der Waals surface area contributed by atoms with Gasteiger partial charge < -0.3 is 9.88 Å². The summed E-state index contributed by atoms with van der Waals surface area (Å²) in [4.78, 5) is 12.9. The van der Waals surface area contributed by atoms with Gasteiger partial charge in [0.05, 0.1) is 11.2 Å². The zero-order valence-corrected chi connectivity index (χ0v) is 16.8. The molecule has 0 radical (unpaired) electrons. The molecule has 2 heterocycles. The summed E-state index contributed by atoms with van der Waals surface area (Å²) in [5.74, 6) is -0.0332. The second kappa shape index (κ2) is 6.63. The summed E-state index contributed by atoms with van der Waals surface area (Å²) in [5, 5.41) is 8.76. The van der Waals surface area contributed by atoms with Crippen molar-refractivity contribution in [3.8, 4) is 0 Å². The maximum atomic E-state index is 12.9. The molecule has 0 bridgehead atoms. The maximum Gasteiger partial charge on any atom is 0.268 e. The lowest BCUT2D eigenvalue weighted by molar-refractivity contribution is 0.0932. The first-order chi connectivity index (χ1) is 12.2. The van der Waals surface area contributed by atoms with Gasteiger partial charge in [-0.3, -0.25) is 9.48 Å². The van der Waals surface area contributed by atoms with Crippen LogP contribution in [-0.4, -0.2) is 26.3 Å². The van der Waals surface area contributed by atoms with Gasteiger partial charge in [0.1, 0.15) is 5.69 Å². The zero-order chi connectivity index (χ0) is 19.2. The minimum atomic E-state index is -0.0332.